The van der Waals surface area contributed by atoms with Crippen LogP contribution < -0.4 is 0 Å². The molecule has 2 atom stereocenters. The molecule has 4 heteroatoms. The molecule has 0 N–H and O–H groups in total. The summed E-state index contributed by atoms with van der Waals surface area (Å²) in [6.45, 7) is 2.07. The molecule has 0 aromatic heterocycles. The van der Waals surface area contributed by atoms with Crippen molar-refractivity contribution in [3.8, 4) is 0 Å². The summed E-state index contributed by atoms with van der Waals surface area (Å²) < 4.78 is 10.5. The lowest BCUT2D eigenvalue weighted by Crippen LogP contribution is -2.05. The molecule has 0 radical (unpaired) electrons. The first kappa shape index (κ1) is 7.53. The Balaban J connectivity index is 2.01. The van der Waals surface area contributed by atoms with E-state index in [4.69, 9.17) is 9.47 Å². The van der Waals surface area contributed by atoms with Crippen LogP contribution in [0, 0.1) is 11.8 Å². The maximum atomic E-state index is 5.20. The number of alkyl halides is 2. The molecule has 58 valence electrons. The van der Waals surface area contributed by atoms with Crippen LogP contribution in [0.5, 0.6) is 0 Å². The fraction of sp³-hybridized carbons (Fsp3) is 1.00. The maximum Gasteiger partial charge on any atom is 0.146 e. The first-order valence-electron chi connectivity index (χ1n) is 3.26. The van der Waals surface area contributed by atoms with E-state index in [2.05, 4.69) is 31.9 Å². The Kier molecular flexibility index (Phi) is 1.83. The molecule has 10 heavy (non-hydrogen) atoms. The minimum Gasteiger partial charge on any atom is -0.355 e. The van der Waals surface area contributed by atoms with E-state index in [0.717, 1.165) is 13.2 Å². The fourth-order valence-electron chi connectivity index (χ4n) is 1.32. The van der Waals surface area contributed by atoms with Gasteiger partial charge in [0.15, 0.2) is 0 Å². The highest BCUT2D eigenvalue weighted by Crippen LogP contribution is 2.62. The van der Waals surface area contributed by atoms with Gasteiger partial charge < -0.3 is 9.47 Å². The van der Waals surface area contributed by atoms with Crippen molar-refractivity contribution >= 4 is 31.9 Å². The lowest BCUT2D eigenvalue weighted by molar-refractivity contribution is -0.0420. The predicted octanol–water partition coefficient (Wildman–Crippen LogP) is 1.72. The third-order valence-electron chi connectivity index (χ3n) is 2.13. The molecule has 2 nitrogen and oxygen atoms in total. The highest BCUT2D eigenvalue weighted by Gasteiger charge is 2.62. The SMILES string of the molecule is BrC1(Br)[C@H]2COCOC[C@@H]21. The molecule has 0 unspecified atom stereocenters. The average molecular weight is 272 g/mol. The zero-order valence-electron chi connectivity index (χ0n) is 5.35. The van der Waals surface area contributed by atoms with Crippen molar-refractivity contribution < 1.29 is 9.47 Å². The summed E-state index contributed by atoms with van der Waals surface area (Å²) in [4.78, 5) is 0. The fourth-order valence-corrected chi connectivity index (χ4v) is 2.86. The Morgan fingerprint density at radius 3 is 2.10 bits per heavy atom. The van der Waals surface area contributed by atoms with Crippen molar-refractivity contribution in [3.05, 3.63) is 0 Å². The van der Waals surface area contributed by atoms with E-state index in [-0.39, 0.29) is 3.23 Å². The van der Waals surface area contributed by atoms with Crippen LogP contribution in [0.4, 0.5) is 0 Å². The quantitative estimate of drug-likeness (QED) is 0.625. The van der Waals surface area contributed by atoms with E-state index >= 15 is 0 Å². The van der Waals surface area contributed by atoms with E-state index in [1.165, 1.54) is 0 Å². The average Bonchev–Trinajstić information content (AvgIpc) is 2.47. The smallest absolute Gasteiger partial charge is 0.146 e. The molecule has 1 saturated carbocycles. The molecule has 2 fully saturated rings. The molecule has 1 saturated heterocycles. The lowest BCUT2D eigenvalue weighted by atomic mass is 10.3. The second kappa shape index (κ2) is 2.44. The van der Waals surface area contributed by atoms with Gasteiger partial charge in [-0.2, -0.15) is 0 Å². The summed E-state index contributed by atoms with van der Waals surface area (Å²) in [6, 6.07) is 0. The van der Waals surface area contributed by atoms with Gasteiger partial charge in [-0.25, -0.2) is 0 Å². The van der Waals surface area contributed by atoms with Crippen molar-refractivity contribution in [3.63, 3.8) is 0 Å². The second-order valence-electron chi connectivity index (χ2n) is 2.75. The molecule has 0 aromatic rings. The second-order valence-corrected chi connectivity index (χ2v) is 6.44. The third-order valence-corrected chi connectivity index (χ3v) is 4.48. The van der Waals surface area contributed by atoms with Gasteiger partial charge in [0.2, 0.25) is 0 Å². The van der Waals surface area contributed by atoms with Gasteiger partial charge in [-0.3, -0.25) is 0 Å². The topological polar surface area (TPSA) is 18.5 Å². The standard InChI is InChI=1S/C6H8Br2O2/c7-6(8)4-1-9-3-10-2-5(4)6/h4-5H,1-3H2/t4-,5-/m0/s1. The first-order valence-corrected chi connectivity index (χ1v) is 4.85. The van der Waals surface area contributed by atoms with Crippen LogP contribution in [0.3, 0.4) is 0 Å². The van der Waals surface area contributed by atoms with E-state index in [9.17, 15) is 0 Å². The number of rotatable bonds is 0. The molecular formula is C6H8Br2O2. The Morgan fingerprint density at radius 2 is 1.60 bits per heavy atom. The van der Waals surface area contributed by atoms with Gasteiger partial charge in [0.05, 0.1) is 16.4 Å². The Hall–Kier alpha value is 0.880. The van der Waals surface area contributed by atoms with Crippen molar-refractivity contribution in [1.82, 2.24) is 0 Å². The zero-order valence-corrected chi connectivity index (χ0v) is 8.52. The Bertz CT molecular complexity index is 135. The van der Waals surface area contributed by atoms with Gasteiger partial charge in [-0.05, 0) is 0 Å². The monoisotopic (exact) mass is 270 g/mol. The number of fused-ring (bicyclic) bond motifs is 1. The molecule has 0 spiro atoms. The molecule has 1 aliphatic heterocycles. The minimum absolute atomic E-state index is 0.112. The van der Waals surface area contributed by atoms with Crippen LogP contribution in [0.25, 0.3) is 0 Å². The molecule has 0 aromatic carbocycles. The third kappa shape index (κ3) is 1.05. The Morgan fingerprint density at radius 1 is 1.10 bits per heavy atom. The highest BCUT2D eigenvalue weighted by molar-refractivity contribution is 9.25. The van der Waals surface area contributed by atoms with Gasteiger partial charge in [-0.15, -0.1) is 0 Å². The van der Waals surface area contributed by atoms with Crippen molar-refractivity contribution in [2.24, 2.45) is 11.8 Å². The van der Waals surface area contributed by atoms with Crippen LogP contribution in [0.1, 0.15) is 0 Å². The molecule has 1 heterocycles. The van der Waals surface area contributed by atoms with Gasteiger partial charge in [0.25, 0.3) is 0 Å². The normalized spacial score (nSPS) is 43.8. The largest absolute Gasteiger partial charge is 0.355 e. The molecular weight excluding hydrogens is 264 g/mol. The van der Waals surface area contributed by atoms with E-state index in [1.807, 2.05) is 0 Å². The number of hydrogen-bond acceptors (Lipinski definition) is 2. The summed E-state index contributed by atoms with van der Waals surface area (Å²) >= 11 is 7.14. The molecule has 1 aliphatic carbocycles. The molecule has 2 aliphatic rings. The molecule has 2 rings (SSSR count). The number of ether oxygens (including phenoxy) is 2. The summed E-state index contributed by atoms with van der Waals surface area (Å²) in [5.41, 5.74) is 0. The lowest BCUT2D eigenvalue weighted by Gasteiger charge is -2.04. The van der Waals surface area contributed by atoms with Crippen molar-refractivity contribution in [2.75, 3.05) is 20.0 Å². The van der Waals surface area contributed by atoms with Crippen molar-refractivity contribution in [2.45, 2.75) is 3.23 Å². The number of halogens is 2. The summed E-state index contributed by atoms with van der Waals surface area (Å²) in [5.74, 6) is 1.19. The van der Waals surface area contributed by atoms with Gasteiger partial charge in [0, 0.05) is 11.8 Å². The summed E-state index contributed by atoms with van der Waals surface area (Å²) in [7, 11) is 0. The van der Waals surface area contributed by atoms with Gasteiger partial charge >= 0.3 is 0 Å². The first-order chi connectivity index (χ1) is 4.73. The van der Waals surface area contributed by atoms with Crippen LogP contribution in [0.15, 0.2) is 0 Å². The minimum atomic E-state index is 0.112. The van der Waals surface area contributed by atoms with Gasteiger partial charge in [0.1, 0.15) is 6.79 Å². The maximum absolute atomic E-state index is 5.20. The van der Waals surface area contributed by atoms with Crippen LogP contribution >= 0.6 is 31.9 Å². The molecule has 0 bridgehead atoms. The summed E-state index contributed by atoms with van der Waals surface area (Å²) in [5, 5.41) is 0. The van der Waals surface area contributed by atoms with Crippen LogP contribution in [0.2, 0.25) is 0 Å². The van der Waals surface area contributed by atoms with E-state index in [0.29, 0.717) is 18.6 Å². The van der Waals surface area contributed by atoms with E-state index < -0.39 is 0 Å². The van der Waals surface area contributed by atoms with Crippen LogP contribution in [-0.2, 0) is 9.47 Å². The molecule has 0 amide bonds. The Labute approximate surface area is 76.5 Å². The van der Waals surface area contributed by atoms with E-state index in [1.54, 1.807) is 0 Å². The summed E-state index contributed by atoms with van der Waals surface area (Å²) in [6.07, 6.45) is 0. The number of hydrogen-bond donors (Lipinski definition) is 0. The zero-order chi connectivity index (χ0) is 7.19. The van der Waals surface area contributed by atoms with Crippen LogP contribution in [-0.4, -0.2) is 23.2 Å². The van der Waals surface area contributed by atoms with Gasteiger partial charge in [-0.1, -0.05) is 31.9 Å². The predicted molar refractivity (Wildman–Crippen MR) is 44.3 cm³/mol. The van der Waals surface area contributed by atoms with Crippen molar-refractivity contribution in [1.29, 1.82) is 0 Å². The highest BCUT2D eigenvalue weighted by atomic mass is 79.9.